The minimum absolute atomic E-state index is 0.564. The predicted molar refractivity (Wildman–Crippen MR) is 145 cm³/mol. The van der Waals surface area contributed by atoms with E-state index in [0.717, 1.165) is 54.0 Å². The van der Waals surface area contributed by atoms with E-state index < -0.39 is 6.10 Å². The molecule has 7 heteroatoms. The maximum absolute atomic E-state index is 10.8. The van der Waals surface area contributed by atoms with E-state index in [1.165, 1.54) is 0 Å². The van der Waals surface area contributed by atoms with Crippen LogP contribution in [0.4, 0.5) is 5.69 Å². The Hall–Kier alpha value is -3.16. The Bertz CT molecular complexity index is 1240. The lowest BCUT2D eigenvalue weighted by atomic mass is 10.0. The third kappa shape index (κ3) is 6.15. The number of aliphatic hydroxyl groups excluding tert-OH is 1. The molecule has 0 aliphatic carbocycles. The molecule has 0 bridgehead atoms. The maximum Gasteiger partial charge on any atom is 0.176 e. The van der Waals surface area contributed by atoms with Gasteiger partial charge in [-0.2, -0.15) is 5.10 Å². The first-order valence-electron chi connectivity index (χ1n) is 12.9. The molecule has 0 spiro atoms. The summed E-state index contributed by atoms with van der Waals surface area (Å²) >= 11 is 0. The summed E-state index contributed by atoms with van der Waals surface area (Å²) in [7, 11) is 0. The Morgan fingerprint density at radius 1 is 1.22 bits per heavy atom. The van der Waals surface area contributed by atoms with Gasteiger partial charge in [0, 0.05) is 37.0 Å². The van der Waals surface area contributed by atoms with E-state index in [0.29, 0.717) is 42.7 Å². The first-order chi connectivity index (χ1) is 17.4. The number of allylic oxidation sites excluding steroid dienone is 5. The summed E-state index contributed by atoms with van der Waals surface area (Å²) in [4.78, 5) is 7.13. The number of hydrogen-bond donors (Lipinski definition) is 1. The highest BCUT2D eigenvalue weighted by Gasteiger charge is 2.22. The molecular formula is C29H38N4O3. The van der Waals surface area contributed by atoms with Gasteiger partial charge in [0.25, 0.3) is 0 Å². The second-order valence-corrected chi connectivity index (χ2v) is 9.89. The van der Waals surface area contributed by atoms with Gasteiger partial charge in [-0.1, -0.05) is 57.1 Å². The predicted octanol–water partition coefficient (Wildman–Crippen LogP) is 6.25. The topological polar surface area (TPSA) is 76.5 Å². The quantitative estimate of drug-likeness (QED) is 0.339. The van der Waals surface area contributed by atoms with E-state index in [4.69, 9.17) is 19.2 Å². The van der Waals surface area contributed by atoms with Gasteiger partial charge in [0.2, 0.25) is 0 Å². The highest BCUT2D eigenvalue weighted by Crippen LogP contribution is 2.34. The molecule has 1 unspecified atom stereocenters. The zero-order chi connectivity index (χ0) is 25.7. The van der Waals surface area contributed by atoms with E-state index in [9.17, 15) is 5.11 Å². The Balaban J connectivity index is 1.72. The molecule has 7 nitrogen and oxygen atoms in total. The summed E-state index contributed by atoms with van der Waals surface area (Å²) in [5.74, 6) is 1.88. The van der Waals surface area contributed by atoms with Crippen molar-refractivity contribution < 1.29 is 14.3 Å². The van der Waals surface area contributed by atoms with Crippen molar-refractivity contribution in [3.63, 3.8) is 0 Å². The molecule has 0 aromatic carbocycles. The Morgan fingerprint density at radius 3 is 2.69 bits per heavy atom. The number of rotatable bonds is 10. The standard InChI is InChI=1S/C29H38N4O3/c1-6-8-22(17-21(4)5)23-11-12-33(31-23)28-19-25(32-13-15-35-16-14-32)29-24(30-28)18-27(36-29)26(34)10-7-9-20(2)3/h6,8,11-12,17-20,26,34H,4,7,9-10,13-16H2,1-3,5H3/b8-6-,22-17+. The number of ether oxygens (including phenoxy) is 1. The van der Waals surface area contributed by atoms with Gasteiger partial charge in [0.05, 0.1) is 24.6 Å². The summed E-state index contributed by atoms with van der Waals surface area (Å²) in [6.07, 6.45) is 10.0. The molecule has 4 heterocycles. The average molecular weight is 491 g/mol. The van der Waals surface area contributed by atoms with Crippen LogP contribution in [0.2, 0.25) is 0 Å². The van der Waals surface area contributed by atoms with Gasteiger partial charge >= 0.3 is 0 Å². The lowest BCUT2D eigenvalue weighted by Gasteiger charge is -2.29. The van der Waals surface area contributed by atoms with Crippen molar-refractivity contribution in [3.05, 3.63) is 66.2 Å². The van der Waals surface area contributed by atoms with Crippen molar-refractivity contribution in [2.75, 3.05) is 31.2 Å². The number of fused-ring (bicyclic) bond motifs is 1. The third-order valence-corrected chi connectivity index (χ3v) is 6.27. The van der Waals surface area contributed by atoms with Gasteiger partial charge in [-0.3, -0.25) is 0 Å². The fourth-order valence-electron chi connectivity index (χ4n) is 4.45. The van der Waals surface area contributed by atoms with Crippen molar-refractivity contribution in [2.45, 2.75) is 53.1 Å². The Labute approximate surface area is 213 Å². The highest BCUT2D eigenvalue weighted by molar-refractivity contribution is 5.88. The minimum atomic E-state index is -0.647. The van der Waals surface area contributed by atoms with E-state index in [1.54, 1.807) is 4.68 Å². The number of morpholine rings is 1. The number of anilines is 1. The molecule has 1 atom stereocenters. The number of hydrogen-bond acceptors (Lipinski definition) is 6. The van der Waals surface area contributed by atoms with E-state index in [1.807, 2.05) is 56.5 Å². The van der Waals surface area contributed by atoms with E-state index in [-0.39, 0.29) is 0 Å². The number of furan rings is 1. The zero-order valence-electron chi connectivity index (χ0n) is 21.9. The zero-order valence-corrected chi connectivity index (χ0v) is 21.9. The van der Waals surface area contributed by atoms with E-state index >= 15 is 0 Å². The van der Waals surface area contributed by atoms with Crippen molar-refractivity contribution >= 4 is 22.4 Å². The fraction of sp³-hybridized carbons (Fsp3) is 0.448. The van der Waals surface area contributed by atoms with Crippen molar-refractivity contribution in [1.82, 2.24) is 14.8 Å². The van der Waals surface area contributed by atoms with Crippen LogP contribution in [0, 0.1) is 5.92 Å². The number of pyridine rings is 1. The van der Waals surface area contributed by atoms with Gasteiger partial charge in [0.15, 0.2) is 11.4 Å². The monoisotopic (exact) mass is 490 g/mol. The second kappa shape index (κ2) is 11.7. The smallest absolute Gasteiger partial charge is 0.176 e. The molecule has 3 aromatic rings. The van der Waals surface area contributed by atoms with Crippen LogP contribution in [-0.2, 0) is 4.74 Å². The average Bonchev–Trinajstić information content (AvgIpc) is 3.51. The summed E-state index contributed by atoms with van der Waals surface area (Å²) in [5, 5.41) is 15.6. The number of nitrogens with zero attached hydrogens (tertiary/aromatic N) is 4. The molecule has 0 amide bonds. The summed E-state index contributed by atoms with van der Waals surface area (Å²) in [6, 6.07) is 5.87. The molecular weight excluding hydrogens is 452 g/mol. The number of aliphatic hydroxyl groups is 1. The van der Waals surface area contributed by atoms with E-state index in [2.05, 4.69) is 25.3 Å². The Kier molecular flexibility index (Phi) is 8.44. The van der Waals surface area contributed by atoms with Crippen molar-refractivity contribution in [3.8, 4) is 5.82 Å². The first-order valence-corrected chi connectivity index (χ1v) is 12.9. The van der Waals surface area contributed by atoms with Gasteiger partial charge in [-0.05, 0) is 32.3 Å². The molecule has 1 aliphatic heterocycles. The van der Waals surface area contributed by atoms with Crippen LogP contribution in [0.3, 0.4) is 0 Å². The normalized spacial score (nSPS) is 15.9. The second-order valence-electron chi connectivity index (χ2n) is 9.89. The van der Waals surface area contributed by atoms with Crippen LogP contribution in [0.25, 0.3) is 22.5 Å². The lowest BCUT2D eigenvalue weighted by molar-refractivity contribution is 0.122. The summed E-state index contributed by atoms with van der Waals surface area (Å²) < 4.78 is 13.6. The molecule has 1 N–H and O–H groups in total. The summed E-state index contributed by atoms with van der Waals surface area (Å²) in [6.45, 7) is 15.2. The molecule has 192 valence electrons. The molecule has 1 aliphatic rings. The largest absolute Gasteiger partial charge is 0.454 e. The van der Waals surface area contributed by atoms with Crippen molar-refractivity contribution in [2.24, 2.45) is 5.92 Å². The van der Waals surface area contributed by atoms with Crippen LogP contribution in [0.5, 0.6) is 0 Å². The highest BCUT2D eigenvalue weighted by atomic mass is 16.5. The van der Waals surface area contributed by atoms with Gasteiger partial charge in [-0.25, -0.2) is 9.67 Å². The molecule has 3 aromatic heterocycles. The number of aromatic nitrogens is 3. The van der Waals surface area contributed by atoms with Crippen molar-refractivity contribution in [1.29, 1.82) is 0 Å². The molecule has 1 fully saturated rings. The van der Waals surface area contributed by atoms with Gasteiger partial charge in [-0.15, -0.1) is 0 Å². The molecule has 36 heavy (non-hydrogen) atoms. The van der Waals surface area contributed by atoms with Crippen LogP contribution < -0.4 is 4.90 Å². The van der Waals surface area contributed by atoms with Crippen LogP contribution in [0.15, 0.2) is 59.2 Å². The van der Waals surface area contributed by atoms with Gasteiger partial charge < -0.3 is 19.2 Å². The third-order valence-electron chi connectivity index (χ3n) is 6.27. The minimum Gasteiger partial charge on any atom is -0.454 e. The summed E-state index contributed by atoms with van der Waals surface area (Å²) in [5.41, 5.74) is 5.16. The molecule has 0 saturated carbocycles. The van der Waals surface area contributed by atoms with Gasteiger partial charge in [0.1, 0.15) is 17.4 Å². The maximum atomic E-state index is 10.8. The fourth-order valence-corrected chi connectivity index (χ4v) is 4.45. The lowest BCUT2D eigenvalue weighted by Crippen LogP contribution is -2.36. The molecule has 4 rings (SSSR count). The SMILES string of the molecule is C=C(C)/C=C(\C=C/C)c1ccn(-c2cc(N3CCOCC3)c3oc(C(O)CCCC(C)C)cc3n2)n1. The molecule has 1 saturated heterocycles. The van der Waals surface area contributed by atoms with Crippen LogP contribution in [0.1, 0.15) is 64.5 Å². The Morgan fingerprint density at radius 2 is 2.00 bits per heavy atom. The van der Waals surface area contributed by atoms with Crippen LogP contribution >= 0.6 is 0 Å². The van der Waals surface area contributed by atoms with Crippen LogP contribution in [-0.4, -0.2) is 46.2 Å². The first kappa shape index (κ1) is 25.9. The molecule has 0 radical (unpaired) electrons.